The first-order valence-corrected chi connectivity index (χ1v) is 6.67. The highest BCUT2D eigenvalue weighted by Gasteiger charge is 2.24. The van der Waals surface area contributed by atoms with Crippen LogP contribution in [0.5, 0.6) is 5.75 Å². The second-order valence-electron chi connectivity index (χ2n) is 4.83. The zero-order valence-electron chi connectivity index (χ0n) is 11.2. The predicted molar refractivity (Wildman–Crippen MR) is 74.7 cm³/mol. The summed E-state index contributed by atoms with van der Waals surface area (Å²) in [5, 5.41) is 3.58. The highest BCUT2D eigenvalue weighted by molar-refractivity contribution is 5.41. The van der Waals surface area contributed by atoms with Crippen LogP contribution in [0.3, 0.4) is 0 Å². The number of aryl methyl sites for hydroxylation is 1. The van der Waals surface area contributed by atoms with Crippen molar-refractivity contribution in [2.24, 2.45) is 0 Å². The quantitative estimate of drug-likeness (QED) is 0.802. The molecule has 1 aliphatic rings. The van der Waals surface area contributed by atoms with Crippen LogP contribution in [0.15, 0.2) is 18.2 Å². The summed E-state index contributed by atoms with van der Waals surface area (Å²) in [6.45, 7) is 2.16. The second-order valence-corrected chi connectivity index (χ2v) is 4.83. The summed E-state index contributed by atoms with van der Waals surface area (Å²) in [4.78, 5) is 0. The molecule has 1 aliphatic carbocycles. The molecule has 1 aromatic carbocycles. The molecule has 1 N–H and O–H groups in total. The number of terminal acetylenes is 1. The summed E-state index contributed by atoms with van der Waals surface area (Å²) < 4.78 is 5.30. The molecule has 0 amide bonds. The molecule has 0 saturated heterocycles. The summed E-state index contributed by atoms with van der Waals surface area (Å²) in [5.74, 6) is 3.77. The molecule has 2 unspecified atom stereocenters. The fraction of sp³-hybridized carbons (Fsp3) is 0.500. The Morgan fingerprint density at radius 3 is 3.06 bits per heavy atom. The van der Waals surface area contributed by atoms with Crippen molar-refractivity contribution in [2.45, 2.75) is 44.7 Å². The van der Waals surface area contributed by atoms with E-state index >= 15 is 0 Å². The predicted octanol–water partition coefficient (Wildman–Crippen LogP) is 3.07. The monoisotopic (exact) mass is 243 g/mol. The van der Waals surface area contributed by atoms with E-state index in [0.717, 1.165) is 31.4 Å². The van der Waals surface area contributed by atoms with Gasteiger partial charge in [0.25, 0.3) is 0 Å². The van der Waals surface area contributed by atoms with Crippen molar-refractivity contribution in [3.8, 4) is 18.1 Å². The number of fused-ring (bicyclic) bond motifs is 1. The van der Waals surface area contributed by atoms with Crippen LogP contribution in [0.4, 0.5) is 0 Å². The van der Waals surface area contributed by atoms with E-state index in [4.69, 9.17) is 11.2 Å². The third-order valence-electron chi connectivity index (χ3n) is 3.61. The maximum atomic E-state index is 5.58. The standard InChI is InChI=1S/C16H21NO/c1-4-6-13(5-2)17-16-10-8-12-7-9-14(18-3)11-15(12)16/h2,7,9,11,13,16-17H,4,6,8,10H2,1,3H3. The summed E-state index contributed by atoms with van der Waals surface area (Å²) in [6, 6.07) is 6.89. The highest BCUT2D eigenvalue weighted by Crippen LogP contribution is 2.34. The van der Waals surface area contributed by atoms with E-state index < -0.39 is 0 Å². The lowest BCUT2D eigenvalue weighted by Crippen LogP contribution is -2.30. The van der Waals surface area contributed by atoms with E-state index in [1.807, 2.05) is 6.07 Å². The highest BCUT2D eigenvalue weighted by atomic mass is 16.5. The molecular formula is C16H21NO. The van der Waals surface area contributed by atoms with E-state index in [2.05, 4.69) is 30.3 Å². The molecule has 2 rings (SSSR count). The lowest BCUT2D eigenvalue weighted by atomic mass is 10.1. The zero-order valence-corrected chi connectivity index (χ0v) is 11.2. The number of methoxy groups -OCH3 is 1. The summed E-state index contributed by atoms with van der Waals surface area (Å²) >= 11 is 0. The van der Waals surface area contributed by atoms with Crippen LogP contribution in [0, 0.1) is 12.3 Å². The third-order valence-corrected chi connectivity index (χ3v) is 3.61. The van der Waals surface area contributed by atoms with Crippen molar-refractivity contribution < 1.29 is 4.74 Å². The lowest BCUT2D eigenvalue weighted by molar-refractivity contribution is 0.412. The molecule has 0 radical (unpaired) electrons. The zero-order chi connectivity index (χ0) is 13.0. The fourth-order valence-corrected chi connectivity index (χ4v) is 2.63. The molecule has 0 bridgehead atoms. The largest absolute Gasteiger partial charge is 0.497 e. The Balaban J connectivity index is 2.13. The van der Waals surface area contributed by atoms with Gasteiger partial charge in [0.1, 0.15) is 5.75 Å². The van der Waals surface area contributed by atoms with Gasteiger partial charge in [-0.25, -0.2) is 0 Å². The van der Waals surface area contributed by atoms with Gasteiger partial charge in [-0.2, -0.15) is 0 Å². The van der Waals surface area contributed by atoms with Crippen LogP contribution in [-0.4, -0.2) is 13.2 Å². The molecule has 0 fully saturated rings. The molecule has 1 aromatic rings. The molecular weight excluding hydrogens is 222 g/mol. The molecule has 0 aromatic heterocycles. The Hall–Kier alpha value is -1.46. The van der Waals surface area contributed by atoms with Gasteiger partial charge in [0.05, 0.1) is 13.2 Å². The Labute approximate surface area is 110 Å². The third kappa shape index (κ3) is 2.68. The lowest BCUT2D eigenvalue weighted by Gasteiger charge is -2.19. The second kappa shape index (κ2) is 5.93. The van der Waals surface area contributed by atoms with E-state index in [9.17, 15) is 0 Å². The van der Waals surface area contributed by atoms with Gasteiger partial charge in [0, 0.05) is 6.04 Å². The minimum absolute atomic E-state index is 0.178. The van der Waals surface area contributed by atoms with E-state index in [1.54, 1.807) is 7.11 Å². The van der Waals surface area contributed by atoms with Crippen molar-refractivity contribution in [2.75, 3.05) is 7.11 Å². The number of hydrogen-bond acceptors (Lipinski definition) is 2. The average Bonchev–Trinajstić information content (AvgIpc) is 2.80. The Morgan fingerprint density at radius 1 is 1.56 bits per heavy atom. The van der Waals surface area contributed by atoms with Gasteiger partial charge >= 0.3 is 0 Å². The van der Waals surface area contributed by atoms with Gasteiger partial charge < -0.3 is 4.74 Å². The number of ether oxygens (including phenoxy) is 1. The van der Waals surface area contributed by atoms with E-state index in [-0.39, 0.29) is 6.04 Å². The van der Waals surface area contributed by atoms with Crippen LogP contribution in [0.1, 0.15) is 43.4 Å². The van der Waals surface area contributed by atoms with Crippen molar-refractivity contribution in [3.63, 3.8) is 0 Å². The van der Waals surface area contributed by atoms with Crippen LogP contribution in [0.2, 0.25) is 0 Å². The average molecular weight is 243 g/mol. The smallest absolute Gasteiger partial charge is 0.119 e. The van der Waals surface area contributed by atoms with Crippen LogP contribution >= 0.6 is 0 Å². The van der Waals surface area contributed by atoms with E-state index in [1.165, 1.54) is 11.1 Å². The Kier molecular flexibility index (Phi) is 4.28. The van der Waals surface area contributed by atoms with Crippen molar-refractivity contribution in [3.05, 3.63) is 29.3 Å². The van der Waals surface area contributed by atoms with Crippen LogP contribution in [0.25, 0.3) is 0 Å². The van der Waals surface area contributed by atoms with Gasteiger partial charge in [-0.1, -0.05) is 25.3 Å². The number of rotatable bonds is 5. The van der Waals surface area contributed by atoms with Gasteiger partial charge in [-0.05, 0) is 42.5 Å². The molecule has 18 heavy (non-hydrogen) atoms. The maximum absolute atomic E-state index is 5.58. The molecule has 0 heterocycles. The van der Waals surface area contributed by atoms with Gasteiger partial charge in [0.2, 0.25) is 0 Å². The first kappa shape index (κ1) is 13.0. The topological polar surface area (TPSA) is 21.3 Å². The minimum Gasteiger partial charge on any atom is -0.497 e. The first-order chi connectivity index (χ1) is 8.78. The van der Waals surface area contributed by atoms with Crippen LogP contribution < -0.4 is 10.1 Å². The molecule has 0 aliphatic heterocycles. The fourth-order valence-electron chi connectivity index (χ4n) is 2.63. The number of benzene rings is 1. The van der Waals surface area contributed by atoms with E-state index in [0.29, 0.717) is 6.04 Å². The van der Waals surface area contributed by atoms with Crippen molar-refractivity contribution >= 4 is 0 Å². The normalized spacial score (nSPS) is 19.1. The van der Waals surface area contributed by atoms with Crippen molar-refractivity contribution in [1.82, 2.24) is 5.32 Å². The van der Waals surface area contributed by atoms with Gasteiger partial charge in [-0.3, -0.25) is 5.32 Å². The van der Waals surface area contributed by atoms with Gasteiger partial charge in [-0.15, -0.1) is 6.42 Å². The van der Waals surface area contributed by atoms with Gasteiger partial charge in [0.15, 0.2) is 0 Å². The maximum Gasteiger partial charge on any atom is 0.119 e. The molecule has 0 spiro atoms. The SMILES string of the molecule is C#CC(CCC)NC1CCc2ccc(OC)cc21. The summed E-state index contributed by atoms with van der Waals surface area (Å²) in [5.41, 5.74) is 2.77. The summed E-state index contributed by atoms with van der Waals surface area (Å²) in [7, 11) is 1.71. The minimum atomic E-state index is 0.178. The first-order valence-electron chi connectivity index (χ1n) is 6.67. The molecule has 0 saturated carbocycles. The Morgan fingerprint density at radius 2 is 2.39 bits per heavy atom. The van der Waals surface area contributed by atoms with Crippen molar-refractivity contribution in [1.29, 1.82) is 0 Å². The molecule has 2 nitrogen and oxygen atoms in total. The molecule has 96 valence electrons. The molecule has 2 atom stereocenters. The van der Waals surface area contributed by atoms with Crippen LogP contribution in [-0.2, 0) is 6.42 Å². The number of nitrogens with one attached hydrogen (secondary N) is 1. The molecule has 2 heteroatoms. The summed E-state index contributed by atoms with van der Waals surface area (Å²) in [6.07, 6.45) is 9.98. The number of hydrogen-bond donors (Lipinski definition) is 1. The Bertz CT molecular complexity index is 447.